The summed E-state index contributed by atoms with van der Waals surface area (Å²) in [6.45, 7) is -0.183. The van der Waals surface area contributed by atoms with Crippen LogP contribution in [0.3, 0.4) is 0 Å². The minimum absolute atomic E-state index is 0.0914. The van der Waals surface area contributed by atoms with Crippen LogP contribution in [0.15, 0.2) is 0 Å². The van der Waals surface area contributed by atoms with Crippen LogP contribution in [-0.4, -0.2) is 32.0 Å². The Morgan fingerprint density at radius 3 is 2.11 bits per heavy atom. The topological polar surface area (TPSA) is 37.4 Å². The largest absolute Gasteiger partial charge is 0.299 e. The molecule has 0 spiro atoms. The predicted molar refractivity (Wildman–Crippen MR) is 31.2 cm³/mol. The summed E-state index contributed by atoms with van der Waals surface area (Å²) in [7, 11) is 1.20. The molecule has 0 aromatic heterocycles. The second-order valence-electron chi connectivity index (χ2n) is 1.86. The molecular formula is C3H5ClFNO2S. The van der Waals surface area contributed by atoms with Crippen molar-refractivity contribution < 1.29 is 12.8 Å². The normalized spacial score (nSPS) is 23.8. The number of hydrogen-bond donors (Lipinski definition) is 0. The molecule has 0 bridgehead atoms. The predicted octanol–water partition coefficient (Wildman–Crippen LogP) is 0.124. The maximum atomic E-state index is 11.9. The molecule has 0 aliphatic carbocycles. The van der Waals surface area contributed by atoms with E-state index in [0.717, 1.165) is 4.31 Å². The van der Waals surface area contributed by atoms with Gasteiger partial charge in [-0.05, 0) is 0 Å². The van der Waals surface area contributed by atoms with Gasteiger partial charge in [0.1, 0.15) is 6.17 Å². The SMILES string of the molecule is O=S(=O)(Cl)N1CC(F)C1. The Bertz CT molecular complexity index is 198. The van der Waals surface area contributed by atoms with E-state index >= 15 is 0 Å². The summed E-state index contributed by atoms with van der Waals surface area (Å²) in [5.41, 5.74) is 0. The molecule has 0 saturated carbocycles. The van der Waals surface area contributed by atoms with Crippen LogP contribution in [0.25, 0.3) is 0 Å². The van der Waals surface area contributed by atoms with E-state index in [-0.39, 0.29) is 13.1 Å². The number of alkyl halides is 1. The first-order valence-corrected chi connectivity index (χ1v) is 4.60. The summed E-state index contributed by atoms with van der Waals surface area (Å²) in [5.74, 6) is 0. The van der Waals surface area contributed by atoms with Crippen LogP contribution in [0.4, 0.5) is 4.39 Å². The summed E-state index contributed by atoms with van der Waals surface area (Å²) in [6, 6.07) is 0. The van der Waals surface area contributed by atoms with E-state index in [1.54, 1.807) is 0 Å². The molecule has 0 aromatic carbocycles. The number of nitrogens with zero attached hydrogens (tertiary/aromatic N) is 1. The van der Waals surface area contributed by atoms with Crippen LogP contribution in [0.5, 0.6) is 0 Å². The van der Waals surface area contributed by atoms with Crippen LogP contribution in [0.1, 0.15) is 0 Å². The molecule has 1 rings (SSSR count). The molecule has 1 aliphatic heterocycles. The second kappa shape index (κ2) is 2.07. The maximum Gasteiger partial charge on any atom is 0.299 e. The Hall–Kier alpha value is 0.130. The summed E-state index contributed by atoms with van der Waals surface area (Å²) in [5, 5.41) is 0. The lowest BCUT2D eigenvalue weighted by Crippen LogP contribution is -2.49. The Morgan fingerprint density at radius 2 is 2.00 bits per heavy atom. The Balaban J connectivity index is 2.51. The third-order valence-corrected chi connectivity index (χ3v) is 2.61. The fraction of sp³-hybridized carbons (Fsp3) is 1.00. The van der Waals surface area contributed by atoms with E-state index in [1.807, 2.05) is 0 Å². The van der Waals surface area contributed by atoms with E-state index in [4.69, 9.17) is 10.7 Å². The summed E-state index contributed by atoms with van der Waals surface area (Å²) in [6.07, 6.45) is -1.03. The Morgan fingerprint density at radius 1 is 1.56 bits per heavy atom. The van der Waals surface area contributed by atoms with Crippen molar-refractivity contribution >= 4 is 19.9 Å². The lowest BCUT2D eigenvalue weighted by Gasteiger charge is -2.30. The second-order valence-corrected chi connectivity index (χ2v) is 4.37. The molecule has 0 radical (unpaired) electrons. The highest BCUT2D eigenvalue weighted by molar-refractivity contribution is 8.11. The molecule has 6 heteroatoms. The van der Waals surface area contributed by atoms with E-state index in [0.29, 0.717) is 0 Å². The average molecular weight is 174 g/mol. The van der Waals surface area contributed by atoms with Gasteiger partial charge in [0.2, 0.25) is 0 Å². The third-order valence-electron chi connectivity index (χ3n) is 1.11. The smallest absolute Gasteiger partial charge is 0.245 e. The molecule has 3 nitrogen and oxygen atoms in total. The molecule has 9 heavy (non-hydrogen) atoms. The molecule has 1 aliphatic rings. The highest BCUT2D eigenvalue weighted by atomic mass is 35.7. The van der Waals surface area contributed by atoms with E-state index in [1.165, 1.54) is 0 Å². The summed E-state index contributed by atoms with van der Waals surface area (Å²) in [4.78, 5) is 0. The van der Waals surface area contributed by atoms with Gasteiger partial charge < -0.3 is 0 Å². The standard InChI is InChI=1S/C3H5ClFNO2S/c4-9(7,8)6-1-3(5)2-6/h3H,1-2H2. The quantitative estimate of drug-likeness (QED) is 0.529. The molecule has 1 heterocycles. The molecule has 0 atom stereocenters. The van der Waals surface area contributed by atoms with Crippen LogP contribution < -0.4 is 0 Å². The monoisotopic (exact) mass is 173 g/mol. The van der Waals surface area contributed by atoms with Crippen LogP contribution in [-0.2, 0) is 9.24 Å². The van der Waals surface area contributed by atoms with Crippen molar-refractivity contribution in [3.63, 3.8) is 0 Å². The lowest BCUT2D eigenvalue weighted by molar-refractivity contribution is 0.144. The number of rotatable bonds is 1. The first-order valence-electron chi connectivity index (χ1n) is 2.34. The minimum atomic E-state index is -3.63. The van der Waals surface area contributed by atoms with Crippen molar-refractivity contribution in [2.45, 2.75) is 6.17 Å². The van der Waals surface area contributed by atoms with Gasteiger partial charge in [-0.25, -0.2) is 4.39 Å². The van der Waals surface area contributed by atoms with Gasteiger partial charge >= 0.3 is 0 Å². The highest BCUT2D eigenvalue weighted by Crippen LogP contribution is 2.18. The minimum Gasteiger partial charge on any atom is -0.245 e. The molecule has 54 valence electrons. The van der Waals surface area contributed by atoms with Gasteiger partial charge in [0, 0.05) is 23.8 Å². The zero-order valence-corrected chi connectivity index (χ0v) is 5.99. The first kappa shape index (κ1) is 7.24. The molecule has 0 N–H and O–H groups in total. The van der Waals surface area contributed by atoms with Gasteiger partial charge in [0.25, 0.3) is 9.24 Å². The first-order chi connectivity index (χ1) is 4.00. The van der Waals surface area contributed by atoms with Gasteiger partial charge in [-0.1, -0.05) is 0 Å². The van der Waals surface area contributed by atoms with Crippen molar-refractivity contribution in [3.8, 4) is 0 Å². The van der Waals surface area contributed by atoms with Crippen molar-refractivity contribution in [2.24, 2.45) is 0 Å². The molecular weight excluding hydrogens is 169 g/mol. The lowest BCUT2D eigenvalue weighted by atomic mass is 10.3. The molecule has 0 unspecified atom stereocenters. The van der Waals surface area contributed by atoms with Crippen molar-refractivity contribution in [1.82, 2.24) is 4.31 Å². The van der Waals surface area contributed by atoms with Crippen LogP contribution in [0.2, 0.25) is 0 Å². The van der Waals surface area contributed by atoms with Crippen LogP contribution >= 0.6 is 10.7 Å². The van der Waals surface area contributed by atoms with Gasteiger partial charge in [0.05, 0.1) is 0 Å². The van der Waals surface area contributed by atoms with E-state index in [9.17, 15) is 12.8 Å². The third kappa shape index (κ3) is 1.53. The average Bonchev–Trinajstić information content (AvgIpc) is 1.55. The van der Waals surface area contributed by atoms with E-state index in [2.05, 4.69) is 0 Å². The summed E-state index contributed by atoms with van der Waals surface area (Å²) >= 11 is 0. The van der Waals surface area contributed by atoms with Crippen molar-refractivity contribution in [3.05, 3.63) is 0 Å². The Kier molecular flexibility index (Phi) is 1.67. The fourth-order valence-corrected chi connectivity index (χ4v) is 1.58. The zero-order valence-electron chi connectivity index (χ0n) is 4.42. The highest BCUT2D eigenvalue weighted by Gasteiger charge is 2.34. The van der Waals surface area contributed by atoms with Crippen molar-refractivity contribution in [2.75, 3.05) is 13.1 Å². The number of hydrogen-bond acceptors (Lipinski definition) is 2. The van der Waals surface area contributed by atoms with Gasteiger partial charge in [-0.2, -0.15) is 12.7 Å². The molecule has 0 aromatic rings. The van der Waals surface area contributed by atoms with E-state index < -0.39 is 15.4 Å². The zero-order chi connectivity index (χ0) is 7.07. The van der Waals surface area contributed by atoms with Crippen molar-refractivity contribution in [1.29, 1.82) is 0 Å². The Labute approximate surface area is 57.0 Å². The van der Waals surface area contributed by atoms with Crippen LogP contribution in [0, 0.1) is 0 Å². The van der Waals surface area contributed by atoms with Gasteiger partial charge in [-0.15, -0.1) is 0 Å². The van der Waals surface area contributed by atoms with Gasteiger partial charge in [-0.3, -0.25) is 0 Å². The van der Waals surface area contributed by atoms with Gasteiger partial charge in [0.15, 0.2) is 0 Å². The number of halogens is 2. The molecule has 1 fully saturated rings. The fourth-order valence-electron chi connectivity index (χ4n) is 0.567. The summed E-state index contributed by atoms with van der Waals surface area (Å²) < 4.78 is 33.4. The molecule has 0 amide bonds. The maximum absolute atomic E-state index is 11.9. The molecule has 1 saturated heterocycles.